The van der Waals surface area contributed by atoms with Gasteiger partial charge in [0.2, 0.25) is 5.91 Å². The van der Waals surface area contributed by atoms with Crippen molar-refractivity contribution in [3.63, 3.8) is 0 Å². The predicted molar refractivity (Wildman–Crippen MR) is 134 cm³/mol. The van der Waals surface area contributed by atoms with Crippen molar-refractivity contribution in [3.8, 4) is 0 Å². The van der Waals surface area contributed by atoms with Crippen LogP contribution in [-0.4, -0.2) is 40.6 Å². The third-order valence-corrected chi connectivity index (χ3v) is 7.32. The Kier molecular flexibility index (Phi) is 6.73. The van der Waals surface area contributed by atoms with Crippen molar-refractivity contribution in [2.24, 2.45) is 0 Å². The molecule has 0 aromatic heterocycles. The molecule has 2 aromatic rings. The van der Waals surface area contributed by atoms with E-state index in [9.17, 15) is 18.8 Å². The van der Waals surface area contributed by atoms with Gasteiger partial charge in [-0.25, -0.2) is 8.78 Å². The summed E-state index contributed by atoms with van der Waals surface area (Å²) in [6.07, 6.45) is 2.28. The molecule has 0 radical (unpaired) electrons. The van der Waals surface area contributed by atoms with Crippen molar-refractivity contribution in [3.05, 3.63) is 64.1 Å². The Bertz CT molecular complexity index is 1230. The SMILES string of the molecule is CCN1c2cc(F)c(/C=C3/SC(=O)N(CC(=O)Nc4ccc(F)cc4)C3=O)cc2C(C)CC1(C)C. The van der Waals surface area contributed by atoms with Gasteiger partial charge in [-0.05, 0) is 92.9 Å². The third kappa shape index (κ3) is 4.96. The third-order valence-electron chi connectivity index (χ3n) is 6.41. The van der Waals surface area contributed by atoms with Gasteiger partial charge in [-0.15, -0.1) is 0 Å². The predicted octanol–water partition coefficient (Wildman–Crippen LogP) is 5.75. The number of fused-ring (bicyclic) bond motifs is 1. The van der Waals surface area contributed by atoms with Crippen molar-refractivity contribution >= 4 is 46.3 Å². The van der Waals surface area contributed by atoms with Gasteiger partial charge >= 0.3 is 0 Å². The molecule has 0 aliphatic carbocycles. The molecule has 35 heavy (non-hydrogen) atoms. The lowest BCUT2D eigenvalue weighted by Gasteiger charge is -2.47. The zero-order valence-corrected chi connectivity index (χ0v) is 20.8. The van der Waals surface area contributed by atoms with Gasteiger partial charge in [0.25, 0.3) is 11.1 Å². The van der Waals surface area contributed by atoms with E-state index in [4.69, 9.17) is 0 Å². The quantitative estimate of drug-likeness (QED) is 0.531. The second kappa shape index (κ2) is 9.45. The molecule has 184 valence electrons. The van der Waals surface area contributed by atoms with E-state index in [1.165, 1.54) is 36.4 Å². The Hall–Kier alpha value is -3.20. The minimum atomic E-state index is -0.657. The van der Waals surface area contributed by atoms with Crippen LogP contribution in [0.25, 0.3) is 6.08 Å². The number of rotatable bonds is 5. The van der Waals surface area contributed by atoms with Crippen LogP contribution in [0.4, 0.5) is 25.0 Å². The highest BCUT2D eigenvalue weighted by atomic mass is 32.2. The molecule has 0 spiro atoms. The van der Waals surface area contributed by atoms with Crippen LogP contribution in [0.3, 0.4) is 0 Å². The lowest BCUT2D eigenvalue weighted by atomic mass is 9.79. The van der Waals surface area contributed by atoms with Gasteiger partial charge in [0, 0.05) is 29.0 Å². The molecule has 9 heteroatoms. The summed E-state index contributed by atoms with van der Waals surface area (Å²) in [6, 6.07) is 8.38. The van der Waals surface area contributed by atoms with E-state index in [2.05, 4.69) is 31.0 Å². The summed E-state index contributed by atoms with van der Waals surface area (Å²) in [5.74, 6) is -1.99. The van der Waals surface area contributed by atoms with E-state index in [0.717, 1.165) is 29.1 Å². The highest BCUT2D eigenvalue weighted by molar-refractivity contribution is 8.18. The number of thioether (sulfide) groups is 1. The van der Waals surface area contributed by atoms with E-state index in [1.54, 1.807) is 6.07 Å². The van der Waals surface area contributed by atoms with E-state index in [-0.39, 0.29) is 21.9 Å². The summed E-state index contributed by atoms with van der Waals surface area (Å²) in [7, 11) is 0. The lowest BCUT2D eigenvalue weighted by Crippen LogP contribution is -2.48. The normalized spacial score (nSPS) is 20.4. The number of benzene rings is 2. The summed E-state index contributed by atoms with van der Waals surface area (Å²) in [4.78, 5) is 40.7. The largest absolute Gasteiger partial charge is 0.366 e. The first-order chi connectivity index (χ1) is 16.5. The topological polar surface area (TPSA) is 69.7 Å². The number of imide groups is 1. The Morgan fingerprint density at radius 3 is 2.54 bits per heavy atom. The standard InChI is InChI=1S/C26H27F2N3O3S/c1-5-31-21-12-20(28)16(10-19(21)15(2)13-26(31,3)4)11-22-24(33)30(25(34)35-22)14-23(32)29-18-8-6-17(27)7-9-18/h6-12,15H,5,13-14H2,1-4H3,(H,29,32)/b22-11+. The first-order valence-electron chi connectivity index (χ1n) is 11.4. The minimum absolute atomic E-state index is 0.0552. The molecule has 6 nitrogen and oxygen atoms in total. The summed E-state index contributed by atoms with van der Waals surface area (Å²) in [6.45, 7) is 8.67. The summed E-state index contributed by atoms with van der Waals surface area (Å²) in [5.41, 5.74) is 2.31. The number of hydrogen-bond acceptors (Lipinski definition) is 5. The summed E-state index contributed by atoms with van der Waals surface area (Å²) >= 11 is 0.670. The Balaban J connectivity index is 1.55. The smallest absolute Gasteiger partial charge is 0.294 e. The monoisotopic (exact) mass is 499 g/mol. The summed E-state index contributed by atoms with van der Waals surface area (Å²) < 4.78 is 28.2. The number of halogens is 2. The molecule has 2 aromatic carbocycles. The van der Waals surface area contributed by atoms with Crippen molar-refractivity contribution in [1.29, 1.82) is 0 Å². The molecule has 1 atom stereocenters. The van der Waals surface area contributed by atoms with Gasteiger partial charge in [0.1, 0.15) is 18.2 Å². The molecule has 2 heterocycles. The zero-order chi connectivity index (χ0) is 25.5. The Morgan fingerprint density at radius 1 is 1.20 bits per heavy atom. The molecule has 3 amide bonds. The highest BCUT2D eigenvalue weighted by Crippen LogP contribution is 2.44. The van der Waals surface area contributed by atoms with Crippen molar-refractivity contribution in [2.75, 3.05) is 23.3 Å². The van der Waals surface area contributed by atoms with Gasteiger partial charge in [-0.1, -0.05) is 6.92 Å². The summed E-state index contributed by atoms with van der Waals surface area (Å²) in [5, 5.41) is 1.91. The van der Waals surface area contributed by atoms with Crippen LogP contribution in [0.2, 0.25) is 0 Å². The van der Waals surface area contributed by atoms with Gasteiger partial charge in [-0.2, -0.15) is 0 Å². The number of carbonyl (C=O) groups excluding carboxylic acids is 3. The number of nitrogens with zero attached hydrogens (tertiary/aromatic N) is 2. The van der Waals surface area contributed by atoms with Crippen LogP contribution in [0.5, 0.6) is 0 Å². The maximum Gasteiger partial charge on any atom is 0.294 e. The fourth-order valence-electron chi connectivity index (χ4n) is 4.88. The molecular formula is C26H27F2N3O3S. The van der Waals surface area contributed by atoms with E-state index >= 15 is 4.39 Å². The number of anilines is 2. The molecule has 0 saturated carbocycles. The molecule has 1 saturated heterocycles. The number of amides is 3. The average Bonchev–Trinajstić information content (AvgIpc) is 3.03. The molecule has 2 aliphatic rings. The van der Waals surface area contributed by atoms with Crippen molar-refractivity contribution in [1.82, 2.24) is 4.90 Å². The molecule has 1 N–H and O–H groups in total. The van der Waals surface area contributed by atoms with Crippen molar-refractivity contribution in [2.45, 2.75) is 45.6 Å². The van der Waals surface area contributed by atoms with Crippen LogP contribution < -0.4 is 10.2 Å². The van der Waals surface area contributed by atoms with Crippen LogP contribution >= 0.6 is 11.8 Å². The Morgan fingerprint density at radius 2 is 1.89 bits per heavy atom. The maximum atomic E-state index is 15.1. The van der Waals surface area contributed by atoms with E-state index < -0.39 is 35.2 Å². The molecular weight excluding hydrogens is 472 g/mol. The van der Waals surface area contributed by atoms with Gasteiger partial charge in [0.05, 0.1) is 4.91 Å². The second-order valence-corrected chi connectivity index (χ2v) is 10.4. The first kappa shape index (κ1) is 24.9. The highest BCUT2D eigenvalue weighted by Gasteiger charge is 2.38. The Labute approximate surface area is 207 Å². The van der Waals surface area contributed by atoms with Crippen molar-refractivity contribution < 1.29 is 23.2 Å². The van der Waals surface area contributed by atoms with E-state index in [1.807, 2.05) is 6.92 Å². The van der Waals surface area contributed by atoms with Gasteiger partial charge < -0.3 is 10.2 Å². The average molecular weight is 500 g/mol. The van der Waals surface area contributed by atoms with Gasteiger partial charge in [-0.3, -0.25) is 19.3 Å². The molecule has 4 rings (SSSR count). The fraction of sp³-hybridized carbons (Fsp3) is 0.346. The van der Waals surface area contributed by atoms with E-state index in [0.29, 0.717) is 17.4 Å². The first-order valence-corrected chi connectivity index (χ1v) is 12.2. The maximum absolute atomic E-state index is 15.1. The number of carbonyl (C=O) groups is 3. The molecule has 1 fully saturated rings. The van der Waals surface area contributed by atoms with Crippen LogP contribution in [0.15, 0.2) is 41.3 Å². The molecule has 0 bridgehead atoms. The lowest BCUT2D eigenvalue weighted by molar-refractivity contribution is -0.127. The molecule has 1 unspecified atom stereocenters. The zero-order valence-electron chi connectivity index (χ0n) is 20.0. The second-order valence-electron chi connectivity index (χ2n) is 9.42. The van der Waals surface area contributed by atoms with Crippen LogP contribution in [0.1, 0.15) is 51.2 Å². The minimum Gasteiger partial charge on any atom is -0.366 e. The van der Waals surface area contributed by atoms with Gasteiger partial charge in [0.15, 0.2) is 0 Å². The van der Waals surface area contributed by atoms with Crippen LogP contribution in [0, 0.1) is 11.6 Å². The van der Waals surface area contributed by atoms with Crippen LogP contribution in [-0.2, 0) is 9.59 Å². The number of hydrogen-bond donors (Lipinski definition) is 1. The molecule has 2 aliphatic heterocycles. The number of nitrogens with one attached hydrogen (secondary N) is 1. The fourth-order valence-corrected chi connectivity index (χ4v) is 5.71.